The molecule has 2 saturated heterocycles. The number of piperazine rings is 1. The molecule has 2 aliphatic heterocycles. The Balaban J connectivity index is 0.00000228. The van der Waals surface area contributed by atoms with Crippen LogP contribution in [0.1, 0.15) is 11.1 Å². The van der Waals surface area contributed by atoms with Gasteiger partial charge < -0.3 is 25.2 Å². The Labute approximate surface area is 238 Å². The van der Waals surface area contributed by atoms with Crippen LogP contribution < -0.4 is 10.2 Å². The molecule has 6 nitrogen and oxygen atoms in total. The molecule has 210 valence electrons. The van der Waals surface area contributed by atoms with Crippen molar-refractivity contribution >= 4 is 54.5 Å². The lowest BCUT2D eigenvalue weighted by Gasteiger charge is -2.41. The van der Waals surface area contributed by atoms with Gasteiger partial charge in [-0.3, -0.25) is 4.90 Å². The topological polar surface area (TPSA) is 68.2 Å². The molecule has 0 aromatic heterocycles. The van der Waals surface area contributed by atoms with E-state index in [1.54, 1.807) is 6.07 Å². The predicted octanol–water partition coefficient (Wildman–Crippen LogP) is 4.03. The number of aliphatic hydroxyl groups is 2. The summed E-state index contributed by atoms with van der Waals surface area (Å²) in [6, 6.07) is 12.5. The molecule has 2 heterocycles. The zero-order chi connectivity index (χ0) is 24.3. The lowest BCUT2D eigenvalue weighted by atomic mass is 10.0. The minimum atomic E-state index is -4.38. The van der Waals surface area contributed by atoms with E-state index in [2.05, 4.69) is 10.2 Å². The number of rotatable bonds is 7. The van der Waals surface area contributed by atoms with Gasteiger partial charge in [0.05, 0.1) is 24.3 Å². The van der Waals surface area contributed by atoms with E-state index in [1.807, 2.05) is 29.2 Å². The van der Waals surface area contributed by atoms with Gasteiger partial charge in [0, 0.05) is 50.0 Å². The first-order valence-electron chi connectivity index (χ1n) is 11.3. The predicted molar refractivity (Wildman–Crippen MR) is 146 cm³/mol. The van der Waals surface area contributed by atoms with Crippen LogP contribution in [-0.2, 0) is 17.5 Å². The Bertz CT molecular complexity index is 968. The Morgan fingerprint density at radius 3 is 2.27 bits per heavy atom. The second-order valence-corrected chi connectivity index (χ2v) is 9.15. The highest BCUT2D eigenvalue weighted by Crippen LogP contribution is 2.32. The van der Waals surface area contributed by atoms with E-state index in [0.29, 0.717) is 50.0 Å². The molecule has 0 unspecified atom stereocenters. The van der Waals surface area contributed by atoms with Gasteiger partial charge in [-0.15, -0.1) is 37.2 Å². The zero-order valence-corrected chi connectivity index (χ0v) is 23.0. The molecular weight excluding hydrogens is 577 g/mol. The molecule has 13 heteroatoms. The maximum absolute atomic E-state index is 13.1. The number of hydrogen-bond acceptors (Lipinski definition) is 6. The smallest absolute Gasteiger partial charge is 0.394 e. The fraction of sp³-hybridized carbons (Fsp3) is 0.500. The minimum Gasteiger partial charge on any atom is -0.394 e. The number of halogens is 7. The molecular formula is C24H32Cl4F3N3O3. The lowest BCUT2D eigenvalue weighted by molar-refractivity contribution is -0.137. The number of alkyl halides is 3. The Morgan fingerprint density at radius 1 is 0.973 bits per heavy atom. The maximum Gasteiger partial charge on any atom is 0.416 e. The first kappa shape index (κ1) is 34.0. The molecule has 4 rings (SSSR count). The van der Waals surface area contributed by atoms with Gasteiger partial charge >= 0.3 is 6.18 Å². The molecule has 2 fully saturated rings. The fourth-order valence-corrected chi connectivity index (χ4v) is 4.97. The van der Waals surface area contributed by atoms with Crippen molar-refractivity contribution in [3.63, 3.8) is 0 Å². The van der Waals surface area contributed by atoms with Crippen molar-refractivity contribution in [1.82, 2.24) is 10.2 Å². The molecule has 0 radical (unpaired) electrons. The Morgan fingerprint density at radius 2 is 1.65 bits per heavy atom. The Hall–Kier alpha value is -1.01. The molecule has 3 N–H and O–H groups in total. The van der Waals surface area contributed by atoms with E-state index >= 15 is 0 Å². The second-order valence-electron chi connectivity index (χ2n) is 8.71. The van der Waals surface area contributed by atoms with E-state index in [9.17, 15) is 23.4 Å². The monoisotopic (exact) mass is 607 g/mol. The zero-order valence-electron chi connectivity index (χ0n) is 19.8. The Kier molecular flexibility index (Phi) is 13.8. The van der Waals surface area contributed by atoms with Gasteiger partial charge in [-0.1, -0.05) is 29.8 Å². The summed E-state index contributed by atoms with van der Waals surface area (Å²) in [7, 11) is 0. The molecule has 37 heavy (non-hydrogen) atoms. The average molecular weight is 609 g/mol. The number of nitrogens with zero attached hydrogens (tertiary/aromatic N) is 2. The van der Waals surface area contributed by atoms with Crippen LogP contribution >= 0.6 is 48.8 Å². The summed E-state index contributed by atoms with van der Waals surface area (Å²) >= 11 is 6.04. The summed E-state index contributed by atoms with van der Waals surface area (Å²) < 4.78 is 45.2. The van der Waals surface area contributed by atoms with E-state index in [1.165, 1.54) is 12.1 Å². The van der Waals surface area contributed by atoms with Gasteiger partial charge in [0.25, 0.3) is 0 Å². The van der Waals surface area contributed by atoms with E-state index in [0.717, 1.165) is 11.6 Å². The number of anilines is 1. The SMILES string of the molecule is Cl.Cl.Cl.OC[C@@H]1O[C@H](CNCc2cccc(Cl)c2)[C@H](N2CCN(c3cccc(C(F)(F)F)c3)CC2)[C@@H]1O. The standard InChI is InChI=1S/C24H29ClF3N3O3.3ClH/c25-18-5-1-3-16(11-18)13-29-14-20-22(23(33)21(15-32)34-20)31-9-7-30(8-10-31)19-6-2-4-17(12-19)24(26,27)28;;;/h1-6,11-12,20-23,29,32-33H,7-10,13-15H2;3*1H/t20-,21+,22+,23-;;;/m1.../s1. The van der Waals surface area contributed by atoms with Gasteiger partial charge in [0.1, 0.15) is 12.2 Å². The number of hydrogen-bond donors (Lipinski definition) is 3. The summed E-state index contributed by atoms with van der Waals surface area (Å²) in [5.41, 5.74) is 0.894. The third kappa shape index (κ3) is 8.49. The quantitative estimate of drug-likeness (QED) is 0.441. The first-order valence-corrected chi connectivity index (χ1v) is 11.7. The summed E-state index contributed by atoms with van der Waals surface area (Å²) in [6.45, 7) is 2.93. The summed E-state index contributed by atoms with van der Waals surface area (Å²) in [5, 5.41) is 24.5. The molecule has 4 atom stereocenters. The normalized spacial score (nSPS) is 24.1. The summed E-state index contributed by atoms with van der Waals surface area (Å²) in [5.74, 6) is 0. The first-order chi connectivity index (χ1) is 16.3. The minimum absolute atomic E-state index is 0. The van der Waals surface area contributed by atoms with E-state index in [-0.39, 0.29) is 56.0 Å². The van der Waals surface area contributed by atoms with Crippen LogP contribution in [0.3, 0.4) is 0 Å². The molecule has 0 amide bonds. The van der Waals surface area contributed by atoms with Gasteiger partial charge in [0.2, 0.25) is 0 Å². The van der Waals surface area contributed by atoms with Crippen LogP contribution in [0.5, 0.6) is 0 Å². The van der Waals surface area contributed by atoms with Crippen LogP contribution in [-0.4, -0.2) is 78.8 Å². The van der Waals surface area contributed by atoms with Gasteiger partial charge in [-0.05, 0) is 35.9 Å². The van der Waals surface area contributed by atoms with Crippen LogP contribution in [0, 0.1) is 0 Å². The second kappa shape index (κ2) is 15.0. The number of ether oxygens (including phenoxy) is 1. The highest BCUT2D eigenvalue weighted by molar-refractivity contribution is 6.30. The van der Waals surface area contributed by atoms with Crippen molar-refractivity contribution in [2.45, 2.75) is 37.1 Å². The van der Waals surface area contributed by atoms with Gasteiger partial charge in [0.15, 0.2) is 0 Å². The van der Waals surface area contributed by atoms with Gasteiger partial charge in [-0.25, -0.2) is 0 Å². The van der Waals surface area contributed by atoms with Crippen LogP contribution in [0.25, 0.3) is 0 Å². The molecule has 2 aliphatic rings. The molecule has 2 aromatic carbocycles. The molecule has 0 spiro atoms. The highest BCUT2D eigenvalue weighted by Gasteiger charge is 2.46. The van der Waals surface area contributed by atoms with Crippen LogP contribution in [0.2, 0.25) is 5.02 Å². The largest absolute Gasteiger partial charge is 0.416 e. The molecule has 0 aliphatic carbocycles. The van der Waals surface area contributed by atoms with Crippen LogP contribution in [0.4, 0.5) is 18.9 Å². The van der Waals surface area contributed by atoms with Crippen molar-refractivity contribution in [3.05, 3.63) is 64.7 Å². The van der Waals surface area contributed by atoms with Crippen molar-refractivity contribution in [2.24, 2.45) is 0 Å². The molecule has 0 saturated carbocycles. The number of benzene rings is 2. The summed E-state index contributed by atoms with van der Waals surface area (Å²) in [4.78, 5) is 4.03. The third-order valence-corrected chi connectivity index (χ3v) is 6.71. The molecule has 0 bridgehead atoms. The van der Waals surface area contributed by atoms with Gasteiger partial charge in [-0.2, -0.15) is 13.2 Å². The van der Waals surface area contributed by atoms with Crippen molar-refractivity contribution in [2.75, 3.05) is 44.2 Å². The number of aliphatic hydroxyl groups excluding tert-OH is 2. The molecule has 2 aromatic rings. The average Bonchev–Trinajstić information content (AvgIpc) is 3.14. The fourth-order valence-electron chi connectivity index (χ4n) is 4.76. The maximum atomic E-state index is 13.1. The highest BCUT2D eigenvalue weighted by atomic mass is 35.5. The lowest BCUT2D eigenvalue weighted by Crippen LogP contribution is -2.57. The summed E-state index contributed by atoms with van der Waals surface area (Å²) in [6.07, 6.45) is -6.26. The van der Waals surface area contributed by atoms with Crippen LogP contribution in [0.15, 0.2) is 48.5 Å². The van der Waals surface area contributed by atoms with E-state index in [4.69, 9.17) is 16.3 Å². The van der Waals surface area contributed by atoms with Crippen molar-refractivity contribution < 1.29 is 28.1 Å². The van der Waals surface area contributed by atoms with Crippen molar-refractivity contribution in [3.8, 4) is 0 Å². The number of nitrogens with one attached hydrogen (secondary N) is 1. The van der Waals surface area contributed by atoms with E-state index < -0.39 is 23.9 Å². The third-order valence-electron chi connectivity index (χ3n) is 6.48. The van der Waals surface area contributed by atoms with Crippen molar-refractivity contribution in [1.29, 1.82) is 0 Å².